The molecule has 0 saturated carbocycles. The SMILES string of the molecule is COC(OC)C1CCN(c2ccc([C@@H]3c4ccc(O)cc4CCC3c3ccccc3)cc2)CC1. The lowest BCUT2D eigenvalue weighted by molar-refractivity contribution is -0.141. The van der Waals surface area contributed by atoms with E-state index >= 15 is 0 Å². The number of hydrogen-bond acceptors (Lipinski definition) is 4. The van der Waals surface area contributed by atoms with Gasteiger partial charge >= 0.3 is 0 Å². The minimum Gasteiger partial charge on any atom is -0.508 e. The van der Waals surface area contributed by atoms with Gasteiger partial charge in [0.25, 0.3) is 0 Å². The summed E-state index contributed by atoms with van der Waals surface area (Å²) < 4.78 is 11.0. The van der Waals surface area contributed by atoms with E-state index in [1.165, 1.54) is 27.9 Å². The summed E-state index contributed by atoms with van der Waals surface area (Å²) in [6.45, 7) is 2.04. The smallest absolute Gasteiger partial charge is 0.159 e. The molecular formula is C30H35NO3. The molecule has 4 nitrogen and oxygen atoms in total. The molecule has 4 heteroatoms. The summed E-state index contributed by atoms with van der Waals surface area (Å²) in [5.41, 5.74) is 6.64. The first-order chi connectivity index (χ1) is 16.7. The molecule has 2 atom stereocenters. The van der Waals surface area contributed by atoms with E-state index in [9.17, 15) is 5.11 Å². The van der Waals surface area contributed by atoms with Gasteiger partial charge in [0, 0.05) is 44.8 Å². The van der Waals surface area contributed by atoms with Crippen LogP contribution in [0.2, 0.25) is 0 Å². The van der Waals surface area contributed by atoms with Crippen LogP contribution in [0.3, 0.4) is 0 Å². The van der Waals surface area contributed by atoms with Crippen molar-refractivity contribution in [2.45, 2.75) is 43.8 Å². The Morgan fingerprint density at radius 1 is 0.824 bits per heavy atom. The van der Waals surface area contributed by atoms with Crippen LogP contribution < -0.4 is 4.90 Å². The molecule has 1 unspecified atom stereocenters. The molecule has 1 heterocycles. The maximum absolute atomic E-state index is 10.1. The van der Waals surface area contributed by atoms with Crippen LogP contribution in [-0.4, -0.2) is 38.7 Å². The maximum Gasteiger partial charge on any atom is 0.159 e. The Balaban J connectivity index is 1.40. The molecule has 0 amide bonds. The van der Waals surface area contributed by atoms with Crippen LogP contribution in [-0.2, 0) is 15.9 Å². The van der Waals surface area contributed by atoms with Gasteiger partial charge in [-0.05, 0) is 78.1 Å². The number of methoxy groups -OCH3 is 2. The van der Waals surface area contributed by atoms with Crippen LogP contribution in [0, 0.1) is 5.92 Å². The zero-order chi connectivity index (χ0) is 23.5. The highest BCUT2D eigenvalue weighted by atomic mass is 16.7. The van der Waals surface area contributed by atoms with E-state index in [0.29, 0.717) is 17.6 Å². The normalized spacial score (nSPS) is 21.0. The number of hydrogen-bond donors (Lipinski definition) is 1. The fourth-order valence-electron chi connectivity index (χ4n) is 6.08. The summed E-state index contributed by atoms with van der Waals surface area (Å²) >= 11 is 0. The molecule has 178 valence electrons. The molecule has 1 aliphatic heterocycles. The topological polar surface area (TPSA) is 41.9 Å². The van der Waals surface area contributed by atoms with Crippen LogP contribution in [0.25, 0.3) is 0 Å². The molecule has 1 N–H and O–H groups in total. The summed E-state index contributed by atoms with van der Waals surface area (Å²) in [6, 6.07) is 26.0. The van der Waals surface area contributed by atoms with Crippen molar-refractivity contribution in [2.24, 2.45) is 5.92 Å². The van der Waals surface area contributed by atoms with Crippen molar-refractivity contribution in [2.75, 3.05) is 32.2 Å². The number of phenolic OH excluding ortho intramolecular Hbond substituents is 1. The van der Waals surface area contributed by atoms with Crippen molar-refractivity contribution >= 4 is 5.69 Å². The number of aromatic hydroxyl groups is 1. The van der Waals surface area contributed by atoms with E-state index in [4.69, 9.17) is 9.47 Å². The first kappa shape index (κ1) is 22.9. The van der Waals surface area contributed by atoms with Crippen molar-refractivity contribution in [3.63, 3.8) is 0 Å². The number of fused-ring (bicyclic) bond motifs is 1. The van der Waals surface area contributed by atoms with E-state index in [2.05, 4.69) is 65.6 Å². The monoisotopic (exact) mass is 457 g/mol. The van der Waals surface area contributed by atoms with Crippen molar-refractivity contribution < 1.29 is 14.6 Å². The van der Waals surface area contributed by atoms with Crippen LogP contribution in [0.1, 0.15) is 53.4 Å². The minimum absolute atomic E-state index is 0.106. The highest BCUT2D eigenvalue weighted by molar-refractivity contribution is 5.52. The number of nitrogens with zero attached hydrogens (tertiary/aromatic N) is 1. The molecule has 1 aliphatic carbocycles. The van der Waals surface area contributed by atoms with Crippen molar-refractivity contribution in [1.82, 2.24) is 0 Å². The second kappa shape index (κ2) is 10.2. The number of aryl methyl sites for hydroxylation is 1. The lowest BCUT2D eigenvalue weighted by Crippen LogP contribution is -2.39. The van der Waals surface area contributed by atoms with E-state index in [-0.39, 0.29) is 12.2 Å². The van der Waals surface area contributed by atoms with Gasteiger partial charge in [0.15, 0.2) is 6.29 Å². The van der Waals surface area contributed by atoms with Gasteiger partial charge in [-0.25, -0.2) is 0 Å². The molecule has 5 rings (SSSR count). The fourth-order valence-corrected chi connectivity index (χ4v) is 6.08. The number of ether oxygens (including phenoxy) is 2. The molecule has 0 radical (unpaired) electrons. The lowest BCUT2D eigenvalue weighted by atomic mass is 9.69. The third-order valence-electron chi connectivity index (χ3n) is 7.82. The van der Waals surface area contributed by atoms with Gasteiger partial charge in [0.05, 0.1) is 0 Å². The molecule has 2 aliphatic rings. The largest absolute Gasteiger partial charge is 0.508 e. The summed E-state index contributed by atoms with van der Waals surface area (Å²) in [7, 11) is 3.46. The van der Waals surface area contributed by atoms with Gasteiger partial charge < -0.3 is 19.5 Å². The van der Waals surface area contributed by atoms with Crippen LogP contribution in [0.4, 0.5) is 5.69 Å². The standard InChI is InChI=1S/C30H35NO3/c1-33-30(34-2)23-16-18-31(19-17-23)25-11-8-22(9-12-25)29-27(21-6-4-3-5-7-21)14-10-24-20-26(32)13-15-28(24)29/h3-9,11-13,15,20,23,27,29-30,32H,10,14,16-19H2,1-2H3/t27?,29-/m0/s1. The number of piperidine rings is 1. The summed E-state index contributed by atoms with van der Waals surface area (Å²) in [5, 5.41) is 10.1. The molecule has 0 spiro atoms. The van der Waals surface area contributed by atoms with Crippen molar-refractivity contribution in [1.29, 1.82) is 0 Å². The zero-order valence-electron chi connectivity index (χ0n) is 20.2. The van der Waals surface area contributed by atoms with E-state index in [1.54, 1.807) is 14.2 Å². The third-order valence-corrected chi connectivity index (χ3v) is 7.82. The molecule has 3 aromatic carbocycles. The Hall–Kier alpha value is -2.82. The molecule has 0 aromatic heterocycles. The minimum atomic E-state index is -0.106. The molecule has 34 heavy (non-hydrogen) atoms. The van der Waals surface area contributed by atoms with Gasteiger partial charge in [-0.1, -0.05) is 48.5 Å². The predicted octanol–water partition coefficient (Wildman–Crippen LogP) is 6.09. The molecular weight excluding hydrogens is 422 g/mol. The number of benzene rings is 3. The van der Waals surface area contributed by atoms with Gasteiger partial charge in [0.2, 0.25) is 0 Å². The Morgan fingerprint density at radius 2 is 1.53 bits per heavy atom. The second-order valence-electron chi connectivity index (χ2n) is 9.67. The van der Waals surface area contributed by atoms with Gasteiger partial charge in [-0.15, -0.1) is 0 Å². The highest BCUT2D eigenvalue weighted by Gasteiger charge is 2.32. The van der Waals surface area contributed by atoms with E-state index in [1.807, 2.05) is 12.1 Å². The average molecular weight is 458 g/mol. The van der Waals surface area contributed by atoms with Gasteiger partial charge in [-0.2, -0.15) is 0 Å². The lowest BCUT2D eigenvalue weighted by Gasteiger charge is -2.37. The Bertz CT molecular complexity index is 1070. The second-order valence-corrected chi connectivity index (χ2v) is 9.67. The summed E-state index contributed by atoms with van der Waals surface area (Å²) in [6.07, 6.45) is 4.12. The number of rotatable bonds is 6. The number of anilines is 1. The molecule has 0 bridgehead atoms. The molecule has 3 aromatic rings. The van der Waals surface area contributed by atoms with Crippen LogP contribution in [0.15, 0.2) is 72.8 Å². The molecule has 1 saturated heterocycles. The maximum atomic E-state index is 10.1. The van der Waals surface area contributed by atoms with Crippen LogP contribution >= 0.6 is 0 Å². The first-order valence-electron chi connectivity index (χ1n) is 12.4. The van der Waals surface area contributed by atoms with Crippen LogP contribution in [0.5, 0.6) is 5.75 Å². The Labute approximate surface area is 203 Å². The zero-order valence-corrected chi connectivity index (χ0v) is 20.2. The first-order valence-corrected chi connectivity index (χ1v) is 12.4. The van der Waals surface area contributed by atoms with Gasteiger partial charge in [0.1, 0.15) is 5.75 Å². The van der Waals surface area contributed by atoms with E-state index in [0.717, 1.165) is 38.8 Å². The van der Waals surface area contributed by atoms with Gasteiger partial charge in [-0.3, -0.25) is 0 Å². The highest BCUT2D eigenvalue weighted by Crippen LogP contribution is 2.47. The third kappa shape index (κ3) is 4.57. The molecule has 1 fully saturated rings. The Morgan fingerprint density at radius 3 is 2.21 bits per heavy atom. The van der Waals surface area contributed by atoms with E-state index < -0.39 is 0 Å². The van der Waals surface area contributed by atoms with Crippen molar-refractivity contribution in [3.05, 3.63) is 95.1 Å². The number of phenols is 1. The average Bonchev–Trinajstić information content (AvgIpc) is 2.90. The Kier molecular flexibility index (Phi) is 6.89. The summed E-state index contributed by atoms with van der Waals surface area (Å²) in [4.78, 5) is 2.48. The predicted molar refractivity (Wildman–Crippen MR) is 137 cm³/mol. The summed E-state index contributed by atoms with van der Waals surface area (Å²) in [5.74, 6) is 1.53. The van der Waals surface area contributed by atoms with Crippen molar-refractivity contribution in [3.8, 4) is 5.75 Å². The quantitative estimate of drug-likeness (QED) is 0.455. The fraction of sp³-hybridized carbons (Fsp3) is 0.400.